The lowest BCUT2D eigenvalue weighted by atomic mass is 10.1. The smallest absolute Gasteiger partial charge is 0.0680 e. The summed E-state index contributed by atoms with van der Waals surface area (Å²) in [7, 11) is 2.01. The SMILES string of the molecule is CNC(c1cccc(I)c1)c1sc(C)cc1Br. The summed E-state index contributed by atoms with van der Waals surface area (Å²) in [5, 5.41) is 3.39. The second-order valence-corrected chi connectivity index (χ2v) is 7.23. The summed E-state index contributed by atoms with van der Waals surface area (Å²) >= 11 is 7.83. The monoisotopic (exact) mass is 421 g/mol. The van der Waals surface area contributed by atoms with E-state index in [-0.39, 0.29) is 6.04 Å². The Labute approximate surface area is 128 Å². The third kappa shape index (κ3) is 3.10. The van der Waals surface area contributed by atoms with Crippen LogP contribution in [0.1, 0.15) is 21.4 Å². The summed E-state index contributed by atoms with van der Waals surface area (Å²) in [5.41, 5.74) is 1.31. The van der Waals surface area contributed by atoms with Gasteiger partial charge in [-0.15, -0.1) is 11.3 Å². The lowest BCUT2D eigenvalue weighted by molar-refractivity contribution is 0.701. The zero-order chi connectivity index (χ0) is 12.4. The first-order chi connectivity index (χ1) is 8.11. The molecule has 0 aliphatic rings. The van der Waals surface area contributed by atoms with Gasteiger partial charge in [0.05, 0.1) is 6.04 Å². The van der Waals surface area contributed by atoms with Crippen molar-refractivity contribution in [2.75, 3.05) is 7.05 Å². The summed E-state index contributed by atoms with van der Waals surface area (Å²) in [4.78, 5) is 2.67. The Kier molecular flexibility index (Phi) is 4.63. The van der Waals surface area contributed by atoms with E-state index in [4.69, 9.17) is 0 Å². The fourth-order valence-electron chi connectivity index (χ4n) is 1.83. The number of nitrogens with one attached hydrogen (secondary N) is 1. The van der Waals surface area contributed by atoms with Gasteiger partial charge in [0.1, 0.15) is 0 Å². The summed E-state index contributed by atoms with van der Waals surface area (Å²) in [6.45, 7) is 2.14. The second-order valence-electron chi connectivity index (χ2n) is 3.85. The Morgan fingerprint density at radius 1 is 1.35 bits per heavy atom. The normalized spacial score (nSPS) is 12.7. The van der Waals surface area contributed by atoms with Crippen LogP contribution >= 0.6 is 49.9 Å². The molecule has 0 spiro atoms. The molecule has 0 fully saturated rings. The molecule has 0 aliphatic carbocycles. The average Bonchev–Trinajstić information content (AvgIpc) is 2.59. The van der Waals surface area contributed by atoms with Crippen molar-refractivity contribution in [3.8, 4) is 0 Å². The van der Waals surface area contributed by atoms with E-state index in [2.05, 4.69) is 81.1 Å². The van der Waals surface area contributed by atoms with E-state index in [1.807, 2.05) is 18.4 Å². The second kappa shape index (κ2) is 5.82. The predicted octanol–water partition coefficient (Wildman–Crippen LogP) is 4.73. The quantitative estimate of drug-likeness (QED) is 0.706. The molecule has 4 heteroatoms. The Morgan fingerprint density at radius 3 is 2.65 bits per heavy atom. The maximum Gasteiger partial charge on any atom is 0.0680 e. The molecule has 90 valence electrons. The van der Waals surface area contributed by atoms with Gasteiger partial charge >= 0.3 is 0 Å². The van der Waals surface area contributed by atoms with Crippen LogP contribution in [0.3, 0.4) is 0 Å². The maximum absolute atomic E-state index is 3.64. The van der Waals surface area contributed by atoms with Crippen molar-refractivity contribution in [2.24, 2.45) is 0 Å². The molecule has 0 amide bonds. The molecule has 0 aliphatic heterocycles. The number of halogens is 2. The Morgan fingerprint density at radius 2 is 2.12 bits per heavy atom. The first-order valence-corrected chi connectivity index (χ1v) is 7.99. The lowest BCUT2D eigenvalue weighted by Crippen LogP contribution is -2.16. The van der Waals surface area contributed by atoms with Crippen LogP contribution in [-0.4, -0.2) is 7.05 Å². The number of rotatable bonds is 3. The van der Waals surface area contributed by atoms with Gasteiger partial charge in [0.25, 0.3) is 0 Å². The van der Waals surface area contributed by atoms with Crippen LogP contribution in [0.4, 0.5) is 0 Å². The van der Waals surface area contributed by atoms with Crippen molar-refractivity contribution in [1.29, 1.82) is 0 Å². The van der Waals surface area contributed by atoms with Crippen LogP contribution in [0, 0.1) is 10.5 Å². The Bertz CT molecular complexity index is 524. The average molecular weight is 422 g/mol. The molecular weight excluding hydrogens is 409 g/mol. The molecule has 0 saturated carbocycles. The molecule has 1 heterocycles. The summed E-state index contributed by atoms with van der Waals surface area (Å²) in [6.07, 6.45) is 0. The minimum absolute atomic E-state index is 0.262. The summed E-state index contributed by atoms with van der Waals surface area (Å²) in [5.74, 6) is 0. The number of benzene rings is 1. The number of hydrogen-bond acceptors (Lipinski definition) is 2. The van der Waals surface area contributed by atoms with Crippen molar-refractivity contribution in [2.45, 2.75) is 13.0 Å². The van der Waals surface area contributed by atoms with Crippen LogP contribution in [0.25, 0.3) is 0 Å². The fourth-order valence-corrected chi connectivity index (χ4v) is 4.42. The van der Waals surface area contributed by atoms with E-state index in [0.29, 0.717) is 0 Å². The van der Waals surface area contributed by atoms with Gasteiger partial charge < -0.3 is 5.32 Å². The largest absolute Gasteiger partial charge is 0.309 e. The van der Waals surface area contributed by atoms with E-state index < -0.39 is 0 Å². The highest BCUT2D eigenvalue weighted by atomic mass is 127. The topological polar surface area (TPSA) is 12.0 Å². The van der Waals surface area contributed by atoms with Crippen LogP contribution in [0.15, 0.2) is 34.8 Å². The van der Waals surface area contributed by atoms with E-state index >= 15 is 0 Å². The van der Waals surface area contributed by atoms with Crippen molar-refractivity contribution >= 4 is 49.9 Å². The van der Waals surface area contributed by atoms with Crippen molar-refractivity contribution in [3.63, 3.8) is 0 Å². The molecule has 1 aromatic carbocycles. The highest BCUT2D eigenvalue weighted by Gasteiger charge is 2.17. The standard InChI is InChI=1S/C13H13BrINS/c1-8-6-11(14)13(17-8)12(16-2)9-4-3-5-10(15)7-9/h3-7,12,16H,1-2H3. The van der Waals surface area contributed by atoms with Crippen LogP contribution in [0.5, 0.6) is 0 Å². The molecular formula is C13H13BrINS. The summed E-state index contributed by atoms with van der Waals surface area (Å²) < 4.78 is 2.46. The first kappa shape index (κ1) is 13.5. The van der Waals surface area contributed by atoms with Crippen molar-refractivity contribution in [3.05, 3.63) is 53.7 Å². The van der Waals surface area contributed by atoms with Gasteiger partial charge in [0, 0.05) is 17.8 Å². The first-order valence-electron chi connectivity index (χ1n) is 5.30. The molecule has 1 N–H and O–H groups in total. The Balaban J connectivity index is 2.43. The van der Waals surface area contributed by atoms with E-state index in [1.165, 1.54) is 23.4 Å². The van der Waals surface area contributed by atoms with Crippen LogP contribution in [-0.2, 0) is 0 Å². The van der Waals surface area contributed by atoms with Crippen LogP contribution < -0.4 is 5.32 Å². The molecule has 1 unspecified atom stereocenters. The van der Waals surface area contributed by atoms with Crippen molar-refractivity contribution < 1.29 is 0 Å². The molecule has 2 rings (SSSR count). The van der Waals surface area contributed by atoms with Crippen LogP contribution in [0.2, 0.25) is 0 Å². The lowest BCUT2D eigenvalue weighted by Gasteiger charge is -2.16. The summed E-state index contributed by atoms with van der Waals surface area (Å²) in [6, 6.07) is 11.1. The third-order valence-corrected chi connectivity index (χ3v) is 5.27. The molecule has 0 saturated heterocycles. The third-order valence-electron chi connectivity index (χ3n) is 2.57. The minimum atomic E-state index is 0.262. The molecule has 0 bridgehead atoms. The molecule has 1 nitrogen and oxygen atoms in total. The van der Waals surface area contributed by atoms with E-state index in [1.54, 1.807) is 0 Å². The zero-order valence-electron chi connectivity index (χ0n) is 9.63. The highest BCUT2D eigenvalue weighted by molar-refractivity contribution is 14.1. The van der Waals surface area contributed by atoms with Gasteiger partial charge in [-0.2, -0.15) is 0 Å². The van der Waals surface area contributed by atoms with E-state index in [9.17, 15) is 0 Å². The Hall–Kier alpha value is 0.0900. The molecule has 17 heavy (non-hydrogen) atoms. The fraction of sp³-hybridized carbons (Fsp3) is 0.231. The highest BCUT2D eigenvalue weighted by Crippen LogP contribution is 2.35. The van der Waals surface area contributed by atoms with Gasteiger partial charge in [-0.05, 0) is 76.3 Å². The maximum atomic E-state index is 3.64. The molecule has 1 aromatic heterocycles. The minimum Gasteiger partial charge on any atom is -0.309 e. The molecule has 0 radical (unpaired) electrons. The zero-order valence-corrected chi connectivity index (χ0v) is 14.2. The van der Waals surface area contributed by atoms with Crippen molar-refractivity contribution in [1.82, 2.24) is 5.32 Å². The number of aryl methyl sites for hydroxylation is 1. The molecule has 2 aromatic rings. The van der Waals surface area contributed by atoms with E-state index in [0.717, 1.165) is 0 Å². The van der Waals surface area contributed by atoms with Gasteiger partial charge in [-0.3, -0.25) is 0 Å². The van der Waals surface area contributed by atoms with Gasteiger partial charge in [0.15, 0.2) is 0 Å². The van der Waals surface area contributed by atoms with Gasteiger partial charge in [-0.25, -0.2) is 0 Å². The number of hydrogen-bond donors (Lipinski definition) is 1. The molecule has 1 atom stereocenters. The van der Waals surface area contributed by atoms with Gasteiger partial charge in [-0.1, -0.05) is 12.1 Å². The number of thiophene rings is 1. The van der Waals surface area contributed by atoms with Gasteiger partial charge in [0.2, 0.25) is 0 Å². The predicted molar refractivity (Wildman–Crippen MR) is 86.8 cm³/mol.